The number of hydrogen-bond acceptors (Lipinski definition) is 5. The Morgan fingerprint density at radius 3 is 2.68 bits per heavy atom. The van der Waals surface area contributed by atoms with Crippen LogP contribution in [0, 0.1) is 0 Å². The summed E-state index contributed by atoms with van der Waals surface area (Å²) in [6.07, 6.45) is 7.00. The van der Waals surface area contributed by atoms with Crippen molar-refractivity contribution in [1.29, 1.82) is 0 Å². The van der Waals surface area contributed by atoms with Gasteiger partial charge < -0.3 is 10.6 Å². The van der Waals surface area contributed by atoms with Gasteiger partial charge in [0.1, 0.15) is 5.82 Å². The summed E-state index contributed by atoms with van der Waals surface area (Å²) >= 11 is 0. The van der Waals surface area contributed by atoms with E-state index in [1.807, 2.05) is 0 Å². The van der Waals surface area contributed by atoms with Gasteiger partial charge in [0.05, 0.1) is 0 Å². The van der Waals surface area contributed by atoms with Gasteiger partial charge in [-0.2, -0.15) is 0 Å². The fourth-order valence-electron chi connectivity index (χ4n) is 1.61. The second kappa shape index (κ2) is 5.01. The first kappa shape index (κ1) is 11.6. The van der Waals surface area contributed by atoms with Crippen molar-refractivity contribution >= 4 is 17.7 Å². The minimum absolute atomic E-state index is 0.0677. The van der Waals surface area contributed by atoms with Gasteiger partial charge in [-0.3, -0.25) is 4.79 Å². The molecule has 0 radical (unpaired) electrons. The predicted molar refractivity (Wildman–Crippen MR) is 70.0 cm³/mol. The third-order valence-electron chi connectivity index (χ3n) is 2.74. The molecule has 1 saturated carbocycles. The highest BCUT2D eigenvalue weighted by atomic mass is 16.1. The molecule has 0 aliphatic heterocycles. The highest BCUT2D eigenvalue weighted by Crippen LogP contribution is 2.19. The Bertz CT molecular complexity index is 583. The van der Waals surface area contributed by atoms with Crippen LogP contribution in [0.4, 0.5) is 11.8 Å². The van der Waals surface area contributed by atoms with Gasteiger partial charge in [-0.15, -0.1) is 0 Å². The monoisotopic (exact) mass is 255 g/mol. The summed E-state index contributed by atoms with van der Waals surface area (Å²) in [6.45, 7) is 0. The van der Waals surface area contributed by atoms with E-state index in [9.17, 15) is 4.79 Å². The van der Waals surface area contributed by atoms with Gasteiger partial charge in [-0.05, 0) is 31.0 Å². The molecule has 6 heteroatoms. The van der Waals surface area contributed by atoms with Crippen LogP contribution >= 0.6 is 0 Å². The summed E-state index contributed by atoms with van der Waals surface area (Å²) in [7, 11) is 0. The number of nitrogens with zero attached hydrogens (tertiary/aromatic N) is 3. The molecular formula is C13H13N5O. The molecule has 1 fully saturated rings. The van der Waals surface area contributed by atoms with Crippen molar-refractivity contribution in [3.63, 3.8) is 0 Å². The number of carbonyl (C=O) groups is 1. The first-order chi connectivity index (χ1) is 9.31. The Morgan fingerprint density at radius 1 is 1.16 bits per heavy atom. The van der Waals surface area contributed by atoms with E-state index >= 15 is 0 Å². The molecular weight excluding hydrogens is 242 g/mol. The van der Waals surface area contributed by atoms with Crippen LogP contribution in [0.2, 0.25) is 0 Å². The molecule has 0 aromatic carbocycles. The van der Waals surface area contributed by atoms with Crippen molar-refractivity contribution in [3.05, 3.63) is 42.4 Å². The maximum atomic E-state index is 11.9. The van der Waals surface area contributed by atoms with E-state index in [0.717, 1.165) is 12.8 Å². The quantitative estimate of drug-likeness (QED) is 0.865. The molecule has 0 atom stereocenters. The van der Waals surface area contributed by atoms with Crippen molar-refractivity contribution in [3.8, 4) is 0 Å². The number of rotatable bonds is 4. The zero-order valence-electron chi connectivity index (χ0n) is 10.2. The lowest BCUT2D eigenvalue weighted by atomic mass is 10.2. The maximum Gasteiger partial charge on any atom is 0.251 e. The first-order valence-electron chi connectivity index (χ1n) is 6.12. The fourth-order valence-corrected chi connectivity index (χ4v) is 1.61. The number of anilines is 2. The Kier molecular flexibility index (Phi) is 3.06. The zero-order valence-corrected chi connectivity index (χ0v) is 10.2. The molecule has 96 valence electrons. The molecule has 2 aromatic rings. The second-order valence-corrected chi connectivity index (χ2v) is 4.37. The molecule has 1 aliphatic carbocycles. The van der Waals surface area contributed by atoms with Crippen LogP contribution in [0.15, 0.2) is 36.8 Å². The summed E-state index contributed by atoms with van der Waals surface area (Å²) in [4.78, 5) is 24.1. The van der Waals surface area contributed by atoms with Crippen LogP contribution in [0.1, 0.15) is 23.2 Å². The number of amides is 1. The number of pyridine rings is 1. The average molecular weight is 255 g/mol. The molecule has 0 unspecified atom stereocenters. The lowest BCUT2D eigenvalue weighted by Crippen LogP contribution is -2.25. The van der Waals surface area contributed by atoms with Gasteiger partial charge in [-0.25, -0.2) is 15.0 Å². The van der Waals surface area contributed by atoms with Crippen molar-refractivity contribution in [2.24, 2.45) is 0 Å². The molecule has 1 aliphatic rings. The summed E-state index contributed by atoms with van der Waals surface area (Å²) in [5.41, 5.74) is 0.584. The van der Waals surface area contributed by atoms with Gasteiger partial charge in [0.25, 0.3) is 5.91 Å². The number of hydrogen-bond donors (Lipinski definition) is 2. The van der Waals surface area contributed by atoms with Crippen LogP contribution in [0.5, 0.6) is 0 Å². The second-order valence-electron chi connectivity index (χ2n) is 4.37. The van der Waals surface area contributed by atoms with Crippen LogP contribution in [0.25, 0.3) is 0 Å². The number of carbonyl (C=O) groups excluding carboxylic acids is 1. The molecule has 0 saturated heterocycles. The van der Waals surface area contributed by atoms with E-state index in [0.29, 0.717) is 23.4 Å². The molecule has 2 heterocycles. The minimum Gasteiger partial charge on any atom is -0.349 e. The van der Waals surface area contributed by atoms with E-state index in [2.05, 4.69) is 25.6 Å². The highest BCUT2D eigenvalue weighted by Gasteiger charge is 2.23. The van der Waals surface area contributed by atoms with Crippen LogP contribution < -0.4 is 10.6 Å². The fraction of sp³-hybridized carbons (Fsp3) is 0.231. The third kappa shape index (κ3) is 3.04. The molecule has 0 bridgehead atoms. The van der Waals surface area contributed by atoms with E-state index in [1.165, 1.54) is 0 Å². The van der Waals surface area contributed by atoms with E-state index in [-0.39, 0.29) is 5.91 Å². The van der Waals surface area contributed by atoms with E-state index in [4.69, 9.17) is 0 Å². The maximum absolute atomic E-state index is 11.9. The first-order valence-corrected chi connectivity index (χ1v) is 6.12. The lowest BCUT2D eigenvalue weighted by Gasteiger charge is -2.06. The van der Waals surface area contributed by atoms with Gasteiger partial charge >= 0.3 is 0 Å². The summed E-state index contributed by atoms with van der Waals surface area (Å²) in [5, 5.41) is 5.89. The largest absolute Gasteiger partial charge is 0.349 e. The topological polar surface area (TPSA) is 79.8 Å². The van der Waals surface area contributed by atoms with Crippen LogP contribution in [-0.2, 0) is 0 Å². The molecule has 19 heavy (non-hydrogen) atoms. The average Bonchev–Trinajstić information content (AvgIpc) is 3.24. The van der Waals surface area contributed by atoms with E-state index in [1.54, 1.807) is 36.8 Å². The van der Waals surface area contributed by atoms with Crippen molar-refractivity contribution in [1.82, 2.24) is 20.3 Å². The van der Waals surface area contributed by atoms with Crippen LogP contribution in [0.3, 0.4) is 0 Å². The minimum atomic E-state index is -0.0677. The SMILES string of the molecule is O=C(NC1CC1)c1ccnc(Nc2ncccn2)c1. The standard InChI is InChI=1S/C13H13N5O/c19-12(17-10-2-3-10)9-4-7-14-11(8-9)18-13-15-5-1-6-16-13/h1,4-8,10H,2-3H2,(H,17,19)(H,14,15,16,18). The molecule has 2 aromatic heterocycles. The predicted octanol–water partition coefficient (Wildman–Crippen LogP) is 1.51. The van der Waals surface area contributed by atoms with Gasteiger partial charge in [0.2, 0.25) is 5.95 Å². The Hall–Kier alpha value is -2.50. The Morgan fingerprint density at radius 2 is 1.95 bits per heavy atom. The smallest absolute Gasteiger partial charge is 0.251 e. The zero-order chi connectivity index (χ0) is 13.1. The van der Waals surface area contributed by atoms with E-state index < -0.39 is 0 Å². The highest BCUT2D eigenvalue weighted by molar-refractivity contribution is 5.95. The summed E-state index contributed by atoms with van der Waals surface area (Å²) in [6, 6.07) is 5.45. The Balaban J connectivity index is 1.73. The van der Waals surface area contributed by atoms with Crippen molar-refractivity contribution in [2.45, 2.75) is 18.9 Å². The van der Waals surface area contributed by atoms with Crippen LogP contribution in [-0.4, -0.2) is 26.9 Å². The normalized spacial score (nSPS) is 13.9. The van der Waals surface area contributed by atoms with Crippen molar-refractivity contribution < 1.29 is 4.79 Å². The number of aromatic nitrogens is 3. The molecule has 2 N–H and O–H groups in total. The molecule has 6 nitrogen and oxygen atoms in total. The molecule has 1 amide bonds. The van der Waals surface area contributed by atoms with Gasteiger partial charge in [-0.1, -0.05) is 0 Å². The van der Waals surface area contributed by atoms with Crippen molar-refractivity contribution in [2.75, 3.05) is 5.32 Å². The third-order valence-corrected chi connectivity index (χ3v) is 2.74. The lowest BCUT2D eigenvalue weighted by molar-refractivity contribution is 0.0951. The molecule has 0 spiro atoms. The van der Waals surface area contributed by atoms with Gasteiger partial charge in [0.15, 0.2) is 0 Å². The van der Waals surface area contributed by atoms with Gasteiger partial charge in [0, 0.05) is 30.2 Å². The summed E-state index contributed by atoms with van der Waals surface area (Å²) in [5.74, 6) is 0.936. The molecule has 3 rings (SSSR count). The summed E-state index contributed by atoms with van der Waals surface area (Å²) < 4.78 is 0. The number of nitrogens with one attached hydrogen (secondary N) is 2. The Labute approximate surface area is 110 Å².